The molecule has 0 N–H and O–H groups in total. The molecule has 53 heavy (non-hydrogen) atoms. The number of benzene rings is 7. The van der Waals surface area contributed by atoms with Crippen molar-refractivity contribution in [1.29, 1.82) is 0 Å². The highest BCUT2D eigenvalue weighted by molar-refractivity contribution is 6.17. The van der Waals surface area contributed by atoms with Crippen molar-refractivity contribution in [1.82, 2.24) is 19.9 Å². The Bertz CT molecular complexity index is 2850. The normalized spacial score (nSPS) is 12.9. The molecule has 7 aromatic carbocycles. The molecule has 2 aromatic heterocycles. The molecule has 0 bridgehead atoms. The van der Waals surface area contributed by atoms with E-state index in [1.54, 1.807) is 0 Å². The van der Waals surface area contributed by atoms with E-state index in [0.29, 0.717) is 17.5 Å². The van der Waals surface area contributed by atoms with Gasteiger partial charge in [0.1, 0.15) is 0 Å². The van der Waals surface area contributed by atoms with Crippen LogP contribution in [-0.2, 0) is 5.41 Å². The third-order valence-electron chi connectivity index (χ3n) is 10.7. The highest BCUT2D eigenvalue weighted by atomic mass is 15.0. The van der Waals surface area contributed by atoms with Crippen LogP contribution in [0.5, 0.6) is 0 Å². The quantitative estimate of drug-likeness (QED) is 0.170. The van der Waals surface area contributed by atoms with Gasteiger partial charge in [0.05, 0.1) is 11.2 Å². The number of pyridine rings is 1. The van der Waals surface area contributed by atoms with Gasteiger partial charge in [-0.15, -0.1) is 0 Å². The van der Waals surface area contributed by atoms with Crippen molar-refractivity contribution in [3.8, 4) is 67.7 Å². The Balaban J connectivity index is 1.20. The molecule has 0 aliphatic heterocycles. The molecule has 9 aromatic rings. The molecule has 250 valence electrons. The summed E-state index contributed by atoms with van der Waals surface area (Å²) in [6.45, 7) is 4.60. The van der Waals surface area contributed by atoms with E-state index in [1.165, 1.54) is 22.3 Å². The van der Waals surface area contributed by atoms with Gasteiger partial charge in [-0.1, -0.05) is 159 Å². The van der Waals surface area contributed by atoms with Crippen LogP contribution in [0.1, 0.15) is 25.0 Å². The zero-order valence-electron chi connectivity index (χ0n) is 29.5. The van der Waals surface area contributed by atoms with Crippen LogP contribution in [0.4, 0.5) is 0 Å². The molecule has 1 aliphatic carbocycles. The van der Waals surface area contributed by atoms with Crippen molar-refractivity contribution < 1.29 is 0 Å². The molecule has 4 heteroatoms. The van der Waals surface area contributed by atoms with Crippen LogP contribution in [0.25, 0.3) is 89.4 Å². The number of nitrogens with zero attached hydrogens (tertiary/aromatic N) is 4. The number of fused-ring (bicyclic) bond motifs is 6. The van der Waals surface area contributed by atoms with E-state index in [0.717, 1.165) is 60.8 Å². The fraction of sp³-hybridized carbons (Fsp3) is 0.0612. The zero-order valence-corrected chi connectivity index (χ0v) is 29.5. The SMILES string of the molecule is CC1(C)c2ccccc2-c2ccc(-c3nc(-c4ccccc4)nc(-c4ccc5nc(-c6ccccc6)c6cccc(-c7ccccc7)c6c5c4)n3)cc21. The molecule has 0 spiro atoms. The molecule has 0 saturated heterocycles. The molecule has 2 heterocycles. The van der Waals surface area contributed by atoms with Crippen molar-refractivity contribution in [2.75, 3.05) is 0 Å². The van der Waals surface area contributed by atoms with Gasteiger partial charge in [-0.3, -0.25) is 0 Å². The minimum atomic E-state index is -0.137. The topological polar surface area (TPSA) is 51.6 Å². The van der Waals surface area contributed by atoms with Gasteiger partial charge in [0, 0.05) is 43.8 Å². The third kappa shape index (κ3) is 5.14. The van der Waals surface area contributed by atoms with Crippen LogP contribution in [0, 0.1) is 0 Å². The van der Waals surface area contributed by atoms with Crippen LogP contribution in [0.2, 0.25) is 0 Å². The largest absolute Gasteiger partial charge is 0.247 e. The maximum atomic E-state index is 5.28. The lowest BCUT2D eigenvalue weighted by atomic mass is 9.82. The summed E-state index contributed by atoms with van der Waals surface area (Å²) in [5.74, 6) is 1.91. The van der Waals surface area contributed by atoms with Crippen LogP contribution in [0.15, 0.2) is 170 Å². The molecule has 0 fully saturated rings. The summed E-state index contributed by atoms with van der Waals surface area (Å²) in [4.78, 5) is 20.7. The number of rotatable bonds is 5. The summed E-state index contributed by atoms with van der Waals surface area (Å²) in [6, 6.07) is 59.5. The molecule has 0 saturated carbocycles. The summed E-state index contributed by atoms with van der Waals surface area (Å²) < 4.78 is 0. The van der Waals surface area contributed by atoms with Crippen molar-refractivity contribution in [3.05, 3.63) is 181 Å². The zero-order chi connectivity index (χ0) is 35.5. The Hall–Kier alpha value is -6.78. The van der Waals surface area contributed by atoms with E-state index in [1.807, 2.05) is 24.3 Å². The standard InChI is InChI=1S/C49H34N4/c1-49(2)41-24-13-12-21-37(41)38-27-25-35(30-42(38)49)48-52-46(33-19-10-5-11-20-33)51-47(53-48)34-26-28-43-40(29-34)44-36(31-15-6-3-7-16-31)22-14-23-39(44)45(50-43)32-17-8-4-9-18-32/h3-30H,1-2H3. The molecule has 0 radical (unpaired) electrons. The lowest BCUT2D eigenvalue weighted by Crippen LogP contribution is -2.15. The minimum Gasteiger partial charge on any atom is -0.247 e. The number of hydrogen-bond acceptors (Lipinski definition) is 4. The summed E-state index contributed by atoms with van der Waals surface area (Å²) in [5, 5.41) is 3.31. The van der Waals surface area contributed by atoms with Gasteiger partial charge in [-0.2, -0.15) is 0 Å². The van der Waals surface area contributed by atoms with Gasteiger partial charge >= 0.3 is 0 Å². The molecule has 0 amide bonds. The van der Waals surface area contributed by atoms with Crippen molar-refractivity contribution in [3.63, 3.8) is 0 Å². The van der Waals surface area contributed by atoms with E-state index in [2.05, 4.69) is 159 Å². The van der Waals surface area contributed by atoms with Crippen LogP contribution < -0.4 is 0 Å². The Morgan fingerprint density at radius 1 is 0.358 bits per heavy atom. The van der Waals surface area contributed by atoms with E-state index in [4.69, 9.17) is 19.9 Å². The summed E-state index contributed by atoms with van der Waals surface area (Å²) >= 11 is 0. The first-order valence-electron chi connectivity index (χ1n) is 18.1. The average molecular weight is 679 g/mol. The summed E-state index contributed by atoms with van der Waals surface area (Å²) in [6.07, 6.45) is 0. The third-order valence-corrected chi connectivity index (χ3v) is 10.7. The predicted octanol–water partition coefficient (Wildman–Crippen LogP) is 12.2. The smallest absolute Gasteiger partial charge is 0.164 e. The maximum absolute atomic E-state index is 5.28. The first-order valence-corrected chi connectivity index (χ1v) is 18.1. The molecule has 4 nitrogen and oxygen atoms in total. The average Bonchev–Trinajstić information content (AvgIpc) is 3.46. The van der Waals surface area contributed by atoms with Crippen molar-refractivity contribution in [2.24, 2.45) is 0 Å². The van der Waals surface area contributed by atoms with Crippen LogP contribution in [-0.4, -0.2) is 19.9 Å². The fourth-order valence-corrected chi connectivity index (χ4v) is 8.06. The van der Waals surface area contributed by atoms with E-state index < -0.39 is 0 Å². The van der Waals surface area contributed by atoms with Gasteiger partial charge in [0.15, 0.2) is 17.5 Å². The highest BCUT2D eigenvalue weighted by Crippen LogP contribution is 2.49. The lowest BCUT2D eigenvalue weighted by molar-refractivity contribution is 0.660. The molecule has 10 rings (SSSR count). The first kappa shape index (κ1) is 31.0. The summed E-state index contributed by atoms with van der Waals surface area (Å²) in [5.41, 5.74) is 13.2. The van der Waals surface area contributed by atoms with E-state index in [-0.39, 0.29) is 5.41 Å². The van der Waals surface area contributed by atoms with Gasteiger partial charge < -0.3 is 0 Å². The van der Waals surface area contributed by atoms with E-state index in [9.17, 15) is 0 Å². The van der Waals surface area contributed by atoms with Crippen LogP contribution in [0.3, 0.4) is 0 Å². The second-order valence-corrected chi connectivity index (χ2v) is 14.3. The molecule has 1 aliphatic rings. The minimum absolute atomic E-state index is 0.137. The summed E-state index contributed by atoms with van der Waals surface area (Å²) in [7, 11) is 0. The van der Waals surface area contributed by atoms with Gasteiger partial charge in [0.25, 0.3) is 0 Å². The fourth-order valence-electron chi connectivity index (χ4n) is 8.06. The lowest BCUT2D eigenvalue weighted by Gasteiger charge is -2.21. The van der Waals surface area contributed by atoms with Crippen molar-refractivity contribution in [2.45, 2.75) is 19.3 Å². The second kappa shape index (κ2) is 12.2. The molecule has 0 unspecified atom stereocenters. The van der Waals surface area contributed by atoms with Gasteiger partial charge in [-0.05, 0) is 57.6 Å². The molecule has 0 atom stereocenters. The monoisotopic (exact) mass is 678 g/mol. The number of hydrogen-bond donors (Lipinski definition) is 0. The Morgan fingerprint density at radius 3 is 1.62 bits per heavy atom. The molecular weight excluding hydrogens is 645 g/mol. The second-order valence-electron chi connectivity index (χ2n) is 14.3. The van der Waals surface area contributed by atoms with Gasteiger partial charge in [-0.25, -0.2) is 19.9 Å². The Labute approximate surface area is 308 Å². The maximum Gasteiger partial charge on any atom is 0.164 e. The van der Waals surface area contributed by atoms with Crippen LogP contribution >= 0.6 is 0 Å². The first-order chi connectivity index (χ1) is 26.0. The number of aromatic nitrogens is 4. The highest BCUT2D eigenvalue weighted by Gasteiger charge is 2.35. The predicted molar refractivity (Wildman–Crippen MR) is 217 cm³/mol. The Morgan fingerprint density at radius 2 is 0.906 bits per heavy atom. The van der Waals surface area contributed by atoms with Gasteiger partial charge in [0.2, 0.25) is 0 Å². The molecular formula is C49H34N4. The van der Waals surface area contributed by atoms with Crippen molar-refractivity contribution >= 4 is 21.7 Å². The van der Waals surface area contributed by atoms with E-state index >= 15 is 0 Å². The Kier molecular flexibility index (Phi) is 7.12.